The quantitative estimate of drug-likeness (QED) is 0.599. The first kappa shape index (κ1) is 7.76. The molecule has 2 heterocycles. The summed E-state index contributed by atoms with van der Waals surface area (Å²) < 4.78 is 2.06. The Bertz CT molecular complexity index is 249. The molecule has 0 bridgehead atoms. The number of imidazole rings is 1. The van der Waals surface area contributed by atoms with Crippen LogP contribution in [0.2, 0.25) is 0 Å². The largest absolute Gasteiger partial charge is 0.337 e. The van der Waals surface area contributed by atoms with Gasteiger partial charge in [-0.3, -0.25) is 0 Å². The summed E-state index contributed by atoms with van der Waals surface area (Å²) >= 11 is 0. The zero-order valence-corrected chi connectivity index (χ0v) is 7.25. The van der Waals surface area contributed by atoms with Crippen molar-refractivity contribution in [1.82, 2.24) is 20.2 Å². The fourth-order valence-corrected chi connectivity index (χ4v) is 1.55. The maximum atomic E-state index is 4.30. The van der Waals surface area contributed by atoms with E-state index in [2.05, 4.69) is 20.2 Å². The highest BCUT2D eigenvalue weighted by Gasteiger charge is 2.17. The first-order chi connectivity index (χ1) is 5.88. The van der Waals surface area contributed by atoms with Gasteiger partial charge >= 0.3 is 0 Å². The standard InChI is InChI=1S/C8H14N4/c1-12-5-4-11-8(12)7-6-9-2-3-10-7/h4-5,7,9-10H,2-3,6H2,1H3/t7-/m0/s1. The van der Waals surface area contributed by atoms with Crippen LogP contribution in [0, 0.1) is 0 Å². The third-order valence-electron chi connectivity index (χ3n) is 2.21. The van der Waals surface area contributed by atoms with Gasteiger partial charge in [-0.05, 0) is 0 Å². The van der Waals surface area contributed by atoms with Crippen molar-refractivity contribution in [1.29, 1.82) is 0 Å². The van der Waals surface area contributed by atoms with Crippen molar-refractivity contribution in [2.24, 2.45) is 7.05 Å². The van der Waals surface area contributed by atoms with Crippen LogP contribution in [0.3, 0.4) is 0 Å². The van der Waals surface area contributed by atoms with Crippen LogP contribution in [0.5, 0.6) is 0 Å². The Morgan fingerprint density at radius 1 is 1.58 bits per heavy atom. The Kier molecular flexibility index (Phi) is 2.10. The fourth-order valence-electron chi connectivity index (χ4n) is 1.55. The average Bonchev–Trinajstić information content (AvgIpc) is 2.53. The lowest BCUT2D eigenvalue weighted by Crippen LogP contribution is -2.43. The smallest absolute Gasteiger partial charge is 0.126 e. The monoisotopic (exact) mass is 166 g/mol. The zero-order chi connectivity index (χ0) is 8.39. The Hall–Kier alpha value is -0.870. The van der Waals surface area contributed by atoms with Gasteiger partial charge in [-0.25, -0.2) is 4.98 Å². The van der Waals surface area contributed by atoms with Gasteiger partial charge in [0.1, 0.15) is 5.82 Å². The molecule has 4 heteroatoms. The summed E-state index contributed by atoms with van der Waals surface area (Å²) in [5.41, 5.74) is 0. The SMILES string of the molecule is Cn1ccnc1[C@@H]1CNCCN1. The predicted octanol–water partition coefficient (Wildman–Crippen LogP) is -0.346. The number of hydrogen-bond donors (Lipinski definition) is 2. The van der Waals surface area contributed by atoms with E-state index in [9.17, 15) is 0 Å². The highest BCUT2D eigenvalue weighted by atomic mass is 15.1. The van der Waals surface area contributed by atoms with Crippen LogP contribution >= 0.6 is 0 Å². The average molecular weight is 166 g/mol. The number of nitrogens with one attached hydrogen (secondary N) is 2. The molecule has 1 fully saturated rings. The molecule has 0 aromatic carbocycles. The second kappa shape index (κ2) is 3.25. The summed E-state index contributed by atoms with van der Waals surface area (Å²) in [6, 6.07) is 0.374. The molecule has 2 N–H and O–H groups in total. The third kappa shape index (κ3) is 1.35. The molecule has 0 saturated carbocycles. The van der Waals surface area contributed by atoms with Crippen LogP contribution in [0.25, 0.3) is 0 Å². The molecule has 4 nitrogen and oxygen atoms in total. The van der Waals surface area contributed by atoms with Crippen molar-refractivity contribution < 1.29 is 0 Å². The van der Waals surface area contributed by atoms with Crippen molar-refractivity contribution in [3.63, 3.8) is 0 Å². The Balaban J connectivity index is 2.13. The highest BCUT2D eigenvalue weighted by Crippen LogP contribution is 2.09. The van der Waals surface area contributed by atoms with Gasteiger partial charge in [0.05, 0.1) is 6.04 Å². The van der Waals surface area contributed by atoms with Gasteiger partial charge in [0.2, 0.25) is 0 Å². The van der Waals surface area contributed by atoms with Crippen molar-refractivity contribution >= 4 is 0 Å². The number of piperazine rings is 1. The fraction of sp³-hybridized carbons (Fsp3) is 0.625. The minimum atomic E-state index is 0.374. The molecule has 0 radical (unpaired) electrons. The van der Waals surface area contributed by atoms with Crippen molar-refractivity contribution in [2.45, 2.75) is 6.04 Å². The topological polar surface area (TPSA) is 41.9 Å². The van der Waals surface area contributed by atoms with Gasteiger partial charge < -0.3 is 15.2 Å². The maximum absolute atomic E-state index is 4.30. The van der Waals surface area contributed by atoms with Crippen molar-refractivity contribution in [3.05, 3.63) is 18.2 Å². The molecule has 1 aromatic rings. The molecule has 0 unspecified atom stereocenters. The van der Waals surface area contributed by atoms with Crippen LogP contribution in [0.1, 0.15) is 11.9 Å². The van der Waals surface area contributed by atoms with Gasteiger partial charge in [0, 0.05) is 39.1 Å². The van der Waals surface area contributed by atoms with Crippen LogP contribution in [0.4, 0.5) is 0 Å². The zero-order valence-electron chi connectivity index (χ0n) is 7.25. The maximum Gasteiger partial charge on any atom is 0.126 e. The summed E-state index contributed by atoms with van der Waals surface area (Å²) in [6.07, 6.45) is 3.82. The van der Waals surface area contributed by atoms with E-state index in [4.69, 9.17) is 0 Å². The molecule has 12 heavy (non-hydrogen) atoms. The van der Waals surface area contributed by atoms with Gasteiger partial charge in [0.15, 0.2) is 0 Å². The first-order valence-electron chi connectivity index (χ1n) is 4.29. The van der Waals surface area contributed by atoms with E-state index in [1.807, 2.05) is 19.4 Å². The minimum absolute atomic E-state index is 0.374. The first-order valence-corrected chi connectivity index (χ1v) is 4.29. The molecule has 1 aliphatic rings. The normalized spacial score (nSPS) is 24.2. The van der Waals surface area contributed by atoms with E-state index in [0.29, 0.717) is 6.04 Å². The molecule has 1 aromatic heterocycles. The minimum Gasteiger partial charge on any atom is -0.337 e. The van der Waals surface area contributed by atoms with Crippen molar-refractivity contribution in [2.75, 3.05) is 19.6 Å². The Labute approximate surface area is 72.0 Å². The molecular formula is C8H14N4. The summed E-state index contributed by atoms with van der Waals surface area (Å²) in [5.74, 6) is 1.11. The number of aromatic nitrogens is 2. The summed E-state index contributed by atoms with van der Waals surface area (Å²) in [4.78, 5) is 4.30. The van der Waals surface area contributed by atoms with Crippen LogP contribution in [-0.2, 0) is 7.05 Å². The molecule has 1 saturated heterocycles. The molecule has 1 aliphatic heterocycles. The van der Waals surface area contributed by atoms with E-state index in [1.54, 1.807) is 0 Å². The number of hydrogen-bond acceptors (Lipinski definition) is 3. The third-order valence-corrected chi connectivity index (χ3v) is 2.21. The van der Waals surface area contributed by atoms with Gasteiger partial charge in [-0.1, -0.05) is 0 Å². The molecule has 2 rings (SSSR count). The van der Waals surface area contributed by atoms with E-state index >= 15 is 0 Å². The second-order valence-corrected chi connectivity index (χ2v) is 3.11. The van der Waals surface area contributed by atoms with Gasteiger partial charge in [-0.2, -0.15) is 0 Å². The molecule has 0 amide bonds. The molecule has 1 atom stereocenters. The van der Waals surface area contributed by atoms with Crippen LogP contribution in [0.15, 0.2) is 12.4 Å². The van der Waals surface area contributed by atoms with Crippen molar-refractivity contribution in [3.8, 4) is 0 Å². The molecule has 0 spiro atoms. The number of nitrogens with zero attached hydrogens (tertiary/aromatic N) is 2. The van der Waals surface area contributed by atoms with Gasteiger partial charge in [0.25, 0.3) is 0 Å². The summed E-state index contributed by atoms with van der Waals surface area (Å²) in [7, 11) is 2.03. The lowest BCUT2D eigenvalue weighted by atomic mass is 10.2. The van der Waals surface area contributed by atoms with E-state index < -0.39 is 0 Å². The Morgan fingerprint density at radius 2 is 2.50 bits per heavy atom. The number of rotatable bonds is 1. The lowest BCUT2D eigenvalue weighted by Gasteiger charge is -2.23. The van der Waals surface area contributed by atoms with E-state index in [-0.39, 0.29) is 0 Å². The predicted molar refractivity (Wildman–Crippen MR) is 46.8 cm³/mol. The molecule has 66 valence electrons. The van der Waals surface area contributed by atoms with E-state index in [0.717, 1.165) is 25.5 Å². The summed E-state index contributed by atoms with van der Waals surface area (Å²) in [6.45, 7) is 3.06. The van der Waals surface area contributed by atoms with Crippen LogP contribution in [-0.4, -0.2) is 29.2 Å². The van der Waals surface area contributed by atoms with E-state index in [1.165, 1.54) is 0 Å². The van der Waals surface area contributed by atoms with Crippen LogP contribution < -0.4 is 10.6 Å². The molecular weight excluding hydrogens is 152 g/mol. The second-order valence-electron chi connectivity index (χ2n) is 3.11. The number of aryl methyl sites for hydroxylation is 1. The highest BCUT2D eigenvalue weighted by molar-refractivity contribution is 5.00. The van der Waals surface area contributed by atoms with Gasteiger partial charge in [-0.15, -0.1) is 0 Å². The lowest BCUT2D eigenvalue weighted by molar-refractivity contribution is 0.408. The summed E-state index contributed by atoms with van der Waals surface area (Å²) in [5, 5.41) is 6.75. The molecule has 0 aliphatic carbocycles. The Morgan fingerprint density at radius 3 is 3.08 bits per heavy atom.